The summed E-state index contributed by atoms with van der Waals surface area (Å²) in [5, 5.41) is 16.9. The fourth-order valence-corrected chi connectivity index (χ4v) is 2.97. The van der Waals surface area contributed by atoms with Crippen molar-refractivity contribution in [2.45, 2.75) is 51.2 Å². The average Bonchev–Trinajstić information content (AvgIpc) is 3.05. The molecular weight excluding hydrogens is 318 g/mol. The molecule has 1 saturated carbocycles. The van der Waals surface area contributed by atoms with E-state index in [1.165, 1.54) is 0 Å². The van der Waals surface area contributed by atoms with Crippen LogP contribution in [-0.2, 0) is 0 Å². The monoisotopic (exact) mass is 349 g/mol. The molecule has 3 N–H and O–H groups in total. The lowest BCUT2D eigenvalue weighted by molar-refractivity contribution is 0.0574. The van der Waals surface area contributed by atoms with Gasteiger partial charge < -0.3 is 25.2 Å². The Hall–Kier alpha value is -1.95. The van der Waals surface area contributed by atoms with Crippen LogP contribution in [0.2, 0.25) is 0 Å². The Morgan fingerprint density at radius 1 is 1.24 bits per heavy atom. The lowest BCUT2D eigenvalue weighted by Crippen LogP contribution is -2.43. The van der Waals surface area contributed by atoms with Crippen molar-refractivity contribution in [1.29, 1.82) is 0 Å². The Balaban J connectivity index is 1.87. The molecule has 1 fully saturated rings. The third-order valence-electron chi connectivity index (χ3n) is 4.36. The minimum absolute atomic E-state index is 0.0604. The van der Waals surface area contributed by atoms with Crippen molar-refractivity contribution >= 4 is 5.96 Å². The van der Waals surface area contributed by atoms with Gasteiger partial charge in [0.25, 0.3) is 0 Å². The summed E-state index contributed by atoms with van der Waals surface area (Å²) in [4.78, 5) is 4.54. The number of hydrogen-bond acceptors (Lipinski definition) is 4. The zero-order valence-electron chi connectivity index (χ0n) is 15.5. The number of nitrogens with zero attached hydrogens (tertiary/aromatic N) is 1. The van der Waals surface area contributed by atoms with Gasteiger partial charge in [0, 0.05) is 6.54 Å². The predicted octanol–water partition coefficient (Wildman–Crippen LogP) is 2.32. The molecule has 1 aromatic rings. The van der Waals surface area contributed by atoms with Gasteiger partial charge in [0.1, 0.15) is 6.10 Å². The number of nitrogens with one attached hydrogen (secondary N) is 2. The normalized spacial score (nSPS) is 17.8. The minimum Gasteiger partial charge on any atom is -0.493 e. The Morgan fingerprint density at radius 3 is 2.56 bits per heavy atom. The molecule has 6 heteroatoms. The van der Waals surface area contributed by atoms with E-state index in [1.54, 1.807) is 7.11 Å². The second-order valence-electron chi connectivity index (χ2n) is 6.59. The van der Waals surface area contributed by atoms with Gasteiger partial charge in [-0.15, -0.1) is 0 Å². The van der Waals surface area contributed by atoms with Crippen LogP contribution < -0.4 is 20.1 Å². The summed E-state index contributed by atoms with van der Waals surface area (Å²) in [6, 6.07) is 7.61. The minimum atomic E-state index is -0.637. The number of hydrogen-bond donors (Lipinski definition) is 3. The first kappa shape index (κ1) is 19.4. The highest BCUT2D eigenvalue weighted by molar-refractivity contribution is 5.79. The van der Waals surface area contributed by atoms with Gasteiger partial charge in [-0.05, 0) is 38.8 Å². The first-order valence-corrected chi connectivity index (χ1v) is 9.10. The van der Waals surface area contributed by atoms with E-state index in [2.05, 4.69) is 15.6 Å². The Labute approximate surface area is 150 Å². The molecular formula is C19H31N3O3. The van der Waals surface area contributed by atoms with Crippen molar-refractivity contribution in [3.05, 3.63) is 24.3 Å². The Bertz CT molecular complexity index is 557. The van der Waals surface area contributed by atoms with E-state index in [-0.39, 0.29) is 6.10 Å². The van der Waals surface area contributed by atoms with Gasteiger partial charge in [-0.1, -0.05) is 25.0 Å². The van der Waals surface area contributed by atoms with Gasteiger partial charge in [-0.25, -0.2) is 0 Å². The smallest absolute Gasteiger partial charge is 0.191 e. The Morgan fingerprint density at radius 2 is 1.92 bits per heavy atom. The van der Waals surface area contributed by atoms with Crippen LogP contribution in [0, 0.1) is 0 Å². The topological polar surface area (TPSA) is 75.1 Å². The molecule has 1 aromatic carbocycles. The van der Waals surface area contributed by atoms with Crippen LogP contribution in [0.1, 0.15) is 39.5 Å². The molecule has 0 bridgehead atoms. The largest absolute Gasteiger partial charge is 0.493 e. The van der Waals surface area contributed by atoms with Gasteiger partial charge in [0.05, 0.1) is 25.8 Å². The van der Waals surface area contributed by atoms with Crippen LogP contribution in [0.25, 0.3) is 0 Å². The fourth-order valence-electron chi connectivity index (χ4n) is 2.97. The standard InChI is InChI=1S/C19H31N3O3/c1-4-20-18(22-14-19(23)11-7-8-12-19)21-13-15(2)25-17-10-6-5-9-16(17)24-3/h5-6,9-10,15,23H,4,7-8,11-14H2,1-3H3,(H2,20,21,22). The van der Waals surface area contributed by atoms with E-state index in [1.807, 2.05) is 38.1 Å². The van der Waals surface area contributed by atoms with Crippen LogP contribution in [0.5, 0.6) is 11.5 Å². The van der Waals surface area contributed by atoms with E-state index in [4.69, 9.17) is 9.47 Å². The van der Waals surface area contributed by atoms with Crippen LogP contribution in [0.4, 0.5) is 0 Å². The molecule has 0 aliphatic heterocycles. The number of guanidine groups is 1. The maximum Gasteiger partial charge on any atom is 0.191 e. The summed E-state index contributed by atoms with van der Waals surface area (Å²) in [6.07, 6.45) is 3.78. The number of para-hydroxylation sites is 2. The molecule has 0 heterocycles. The third kappa shape index (κ3) is 6.12. The van der Waals surface area contributed by atoms with Gasteiger partial charge >= 0.3 is 0 Å². The SMILES string of the molecule is CCNC(=NCC1(O)CCCC1)NCC(C)Oc1ccccc1OC. The van der Waals surface area contributed by atoms with Crippen LogP contribution in [0.15, 0.2) is 29.3 Å². The molecule has 0 saturated heterocycles. The van der Waals surface area contributed by atoms with E-state index < -0.39 is 5.60 Å². The highest BCUT2D eigenvalue weighted by Crippen LogP contribution is 2.29. The van der Waals surface area contributed by atoms with Gasteiger partial charge in [0.2, 0.25) is 0 Å². The van der Waals surface area contributed by atoms with Crippen molar-refractivity contribution < 1.29 is 14.6 Å². The molecule has 1 atom stereocenters. The van der Waals surface area contributed by atoms with Gasteiger partial charge in [-0.3, -0.25) is 4.99 Å². The quantitative estimate of drug-likeness (QED) is 0.496. The highest BCUT2D eigenvalue weighted by Gasteiger charge is 2.30. The lowest BCUT2D eigenvalue weighted by atomic mass is 10.0. The molecule has 0 radical (unpaired) electrons. The Kier molecular flexibility index (Phi) is 7.37. The number of benzene rings is 1. The number of aliphatic imine (C=N–C) groups is 1. The van der Waals surface area contributed by atoms with Crippen LogP contribution in [0.3, 0.4) is 0 Å². The zero-order chi connectivity index (χ0) is 18.1. The van der Waals surface area contributed by atoms with Crippen LogP contribution >= 0.6 is 0 Å². The first-order valence-electron chi connectivity index (χ1n) is 9.10. The second kappa shape index (κ2) is 9.51. The molecule has 25 heavy (non-hydrogen) atoms. The lowest BCUT2D eigenvalue weighted by Gasteiger charge is -2.22. The molecule has 140 valence electrons. The summed E-state index contributed by atoms with van der Waals surface area (Å²) < 4.78 is 11.3. The fraction of sp³-hybridized carbons (Fsp3) is 0.632. The van der Waals surface area contributed by atoms with Crippen molar-refractivity contribution in [2.75, 3.05) is 26.7 Å². The summed E-state index contributed by atoms with van der Waals surface area (Å²) in [5.74, 6) is 2.15. The second-order valence-corrected chi connectivity index (χ2v) is 6.59. The van der Waals surface area contributed by atoms with Crippen molar-refractivity contribution in [3.63, 3.8) is 0 Å². The third-order valence-corrected chi connectivity index (χ3v) is 4.36. The van der Waals surface area contributed by atoms with E-state index in [9.17, 15) is 5.11 Å². The molecule has 1 unspecified atom stereocenters. The van der Waals surface area contributed by atoms with Gasteiger partial charge in [0.15, 0.2) is 17.5 Å². The van der Waals surface area contributed by atoms with E-state index in [0.717, 1.165) is 43.7 Å². The number of aliphatic hydroxyl groups is 1. The molecule has 1 aliphatic carbocycles. The number of ether oxygens (including phenoxy) is 2. The maximum atomic E-state index is 10.4. The van der Waals surface area contributed by atoms with Gasteiger partial charge in [-0.2, -0.15) is 0 Å². The van der Waals surface area contributed by atoms with E-state index >= 15 is 0 Å². The van der Waals surface area contributed by atoms with Crippen LogP contribution in [-0.4, -0.2) is 49.5 Å². The molecule has 0 spiro atoms. The molecule has 2 rings (SSSR count). The molecule has 0 amide bonds. The van der Waals surface area contributed by atoms with Crippen molar-refractivity contribution in [2.24, 2.45) is 4.99 Å². The summed E-state index contributed by atoms with van der Waals surface area (Å²) in [7, 11) is 1.63. The zero-order valence-corrected chi connectivity index (χ0v) is 15.5. The highest BCUT2D eigenvalue weighted by atomic mass is 16.5. The predicted molar refractivity (Wildman–Crippen MR) is 100 cm³/mol. The summed E-state index contributed by atoms with van der Waals surface area (Å²) in [6.45, 7) is 5.82. The molecule has 1 aliphatic rings. The van der Waals surface area contributed by atoms with Crippen molar-refractivity contribution in [3.8, 4) is 11.5 Å². The average molecular weight is 349 g/mol. The summed E-state index contributed by atoms with van der Waals surface area (Å²) in [5.41, 5.74) is -0.637. The maximum absolute atomic E-state index is 10.4. The first-order chi connectivity index (χ1) is 12.1. The molecule has 0 aromatic heterocycles. The molecule has 6 nitrogen and oxygen atoms in total. The van der Waals surface area contributed by atoms with Crippen molar-refractivity contribution in [1.82, 2.24) is 10.6 Å². The van der Waals surface area contributed by atoms with E-state index in [0.29, 0.717) is 19.0 Å². The number of rotatable bonds is 8. The summed E-state index contributed by atoms with van der Waals surface area (Å²) >= 11 is 0. The number of methoxy groups -OCH3 is 1.